The number of hydrogen-bond acceptors (Lipinski definition) is 4. The number of amides is 2. The Hall–Kier alpha value is -2.18. The van der Waals surface area contributed by atoms with Crippen LogP contribution in [0.4, 0.5) is 5.69 Å². The molecular formula is C22H19BrClNO4. The van der Waals surface area contributed by atoms with Crippen LogP contribution in [0.2, 0.25) is 5.02 Å². The van der Waals surface area contributed by atoms with Gasteiger partial charge in [0.25, 0.3) is 0 Å². The molecule has 2 fully saturated rings. The third-order valence-corrected chi connectivity index (χ3v) is 6.29. The van der Waals surface area contributed by atoms with Gasteiger partial charge in [-0.05, 0) is 43.2 Å². The summed E-state index contributed by atoms with van der Waals surface area (Å²) in [6.07, 6.45) is 3.36. The summed E-state index contributed by atoms with van der Waals surface area (Å²) < 4.78 is 6.61. The lowest BCUT2D eigenvalue weighted by atomic mass is 9.81. The molecule has 0 N–H and O–H groups in total. The van der Waals surface area contributed by atoms with E-state index in [0.717, 1.165) is 30.2 Å². The van der Waals surface area contributed by atoms with Gasteiger partial charge in [0.2, 0.25) is 11.8 Å². The number of hydrogen-bond donors (Lipinski definition) is 0. The van der Waals surface area contributed by atoms with Crippen LogP contribution < -0.4 is 9.64 Å². The van der Waals surface area contributed by atoms with Crippen molar-refractivity contribution in [2.75, 3.05) is 11.5 Å². The highest BCUT2D eigenvalue weighted by Crippen LogP contribution is 2.43. The molecule has 0 radical (unpaired) electrons. The maximum atomic E-state index is 12.9. The molecule has 150 valence electrons. The fraction of sp³-hybridized carbons (Fsp3) is 0.318. The van der Waals surface area contributed by atoms with Crippen LogP contribution in [0.3, 0.4) is 0 Å². The molecule has 1 saturated carbocycles. The van der Waals surface area contributed by atoms with Crippen LogP contribution in [0.15, 0.2) is 46.9 Å². The first-order valence-electron chi connectivity index (χ1n) is 9.54. The molecule has 7 heteroatoms. The lowest BCUT2D eigenvalue weighted by Crippen LogP contribution is -2.31. The van der Waals surface area contributed by atoms with E-state index in [9.17, 15) is 14.4 Å². The van der Waals surface area contributed by atoms with Crippen LogP contribution in [-0.2, 0) is 9.59 Å². The van der Waals surface area contributed by atoms with Gasteiger partial charge in [-0.1, -0.05) is 52.5 Å². The Morgan fingerprint density at radius 3 is 2.28 bits per heavy atom. The van der Waals surface area contributed by atoms with Gasteiger partial charge in [-0.2, -0.15) is 0 Å². The molecule has 1 saturated heterocycles. The molecule has 2 aliphatic rings. The normalized spacial score (nSPS) is 21.2. The van der Waals surface area contributed by atoms with Gasteiger partial charge in [0.15, 0.2) is 12.4 Å². The number of Topliss-reactive ketones (excluding diaryl/α,β-unsaturated/α-hetero) is 1. The number of ketones is 1. The van der Waals surface area contributed by atoms with E-state index in [-0.39, 0.29) is 36.0 Å². The Balaban J connectivity index is 1.58. The summed E-state index contributed by atoms with van der Waals surface area (Å²) in [5, 5.41) is 0.391. The Kier molecular flexibility index (Phi) is 5.74. The van der Waals surface area contributed by atoms with Crippen molar-refractivity contribution in [2.45, 2.75) is 25.7 Å². The molecule has 0 aromatic heterocycles. The number of halogens is 2. The van der Waals surface area contributed by atoms with Gasteiger partial charge >= 0.3 is 0 Å². The van der Waals surface area contributed by atoms with Crippen LogP contribution in [0.1, 0.15) is 36.0 Å². The van der Waals surface area contributed by atoms with Crippen molar-refractivity contribution in [3.63, 3.8) is 0 Å². The summed E-state index contributed by atoms with van der Waals surface area (Å²) in [6, 6.07) is 11.7. The second-order valence-electron chi connectivity index (χ2n) is 7.34. The van der Waals surface area contributed by atoms with Crippen molar-refractivity contribution in [1.82, 2.24) is 0 Å². The zero-order chi connectivity index (χ0) is 20.5. The minimum absolute atomic E-state index is 0.203. The molecule has 2 amide bonds. The predicted octanol–water partition coefficient (Wildman–Crippen LogP) is 5.04. The molecule has 1 aliphatic heterocycles. The van der Waals surface area contributed by atoms with Crippen LogP contribution in [-0.4, -0.2) is 24.2 Å². The lowest BCUT2D eigenvalue weighted by molar-refractivity contribution is -0.122. The maximum absolute atomic E-state index is 12.9. The largest absolute Gasteiger partial charge is 0.483 e. The molecule has 4 rings (SSSR count). The Morgan fingerprint density at radius 1 is 1.03 bits per heavy atom. The van der Waals surface area contributed by atoms with Gasteiger partial charge in [0.1, 0.15) is 5.75 Å². The molecule has 0 unspecified atom stereocenters. The number of nitrogens with zero attached hydrogens (tertiary/aromatic N) is 1. The van der Waals surface area contributed by atoms with E-state index in [4.69, 9.17) is 16.3 Å². The number of carbonyl (C=O) groups excluding carboxylic acids is 3. The summed E-state index contributed by atoms with van der Waals surface area (Å²) in [4.78, 5) is 39.5. The number of fused-ring (bicyclic) bond motifs is 1. The van der Waals surface area contributed by atoms with E-state index < -0.39 is 0 Å². The van der Waals surface area contributed by atoms with E-state index in [0.29, 0.717) is 22.0 Å². The summed E-state index contributed by atoms with van der Waals surface area (Å²) in [5.41, 5.74) is 0.827. The summed E-state index contributed by atoms with van der Waals surface area (Å²) in [6.45, 7) is -0.209. The van der Waals surface area contributed by atoms with Crippen LogP contribution in [0.25, 0.3) is 0 Å². The average molecular weight is 477 g/mol. The molecule has 0 bridgehead atoms. The van der Waals surface area contributed by atoms with E-state index in [1.54, 1.807) is 42.5 Å². The smallest absolute Gasteiger partial charge is 0.237 e. The highest BCUT2D eigenvalue weighted by atomic mass is 79.9. The second-order valence-corrected chi connectivity index (χ2v) is 8.69. The Morgan fingerprint density at radius 2 is 1.66 bits per heavy atom. The zero-order valence-corrected chi connectivity index (χ0v) is 17.9. The highest BCUT2D eigenvalue weighted by Gasteiger charge is 2.49. The Labute approximate surface area is 182 Å². The summed E-state index contributed by atoms with van der Waals surface area (Å²) >= 11 is 9.48. The molecule has 2 aromatic carbocycles. The van der Waals surface area contributed by atoms with E-state index >= 15 is 0 Å². The fourth-order valence-corrected chi connectivity index (χ4v) is 4.48. The third kappa shape index (κ3) is 3.96. The lowest BCUT2D eigenvalue weighted by Gasteiger charge is -2.19. The van der Waals surface area contributed by atoms with E-state index in [2.05, 4.69) is 15.9 Å². The van der Waals surface area contributed by atoms with Crippen molar-refractivity contribution in [3.05, 3.63) is 57.5 Å². The van der Waals surface area contributed by atoms with E-state index in [1.807, 2.05) is 0 Å². The minimum atomic E-state index is -0.271. The second kappa shape index (κ2) is 8.28. The first-order valence-corrected chi connectivity index (χ1v) is 10.7. The quantitative estimate of drug-likeness (QED) is 0.448. The molecule has 29 heavy (non-hydrogen) atoms. The molecular weight excluding hydrogens is 458 g/mol. The number of ether oxygens (including phenoxy) is 1. The van der Waals surface area contributed by atoms with Gasteiger partial charge < -0.3 is 4.74 Å². The summed E-state index contributed by atoms with van der Waals surface area (Å²) in [7, 11) is 0. The molecule has 2 aromatic rings. The average Bonchev–Trinajstić information content (AvgIpc) is 2.98. The van der Waals surface area contributed by atoms with Gasteiger partial charge in [0, 0.05) is 15.1 Å². The first-order chi connectivity index (χ1) is 14.0. The van der Waals surface area contributed by atoms with Crippen LogP contribution in [0, 0.1) is 11.8 Å². The van der Waals surface area contributed by atoms with Gasteiger partial charge in [-0.15, -0.1) is 0 Å². The molecule has 0 spiro atoms. The fourth-order valence-electron chi connectivity index (χ4n) is 4.05. The molecule has 1 heterocycles. The number of rotatable bonds is 5. The predicted molar refractivity (Wildman–Crippen MR) is 113 cm³/mol. The molecule has 1 aliphatic carbocycles. The monoisotopic (exact) mass is 475 g/mol. The topological polar surface area (TPSA) is 63.7 Å². The van der Waals surface area contributed by atoms with Crippen molar-refractivity contribution in [3.8, 4) is 5.75 Å². The van der Waals surface area contributed by atoms with Gasteiger partial charge in [-0.25, -0.2) is 4.90 Å². The third-order valence-electron chi connectivity index (χ3n) is 5.53. The Bertz CT molecular complexity index is 951. The van der Waals surface area contributed by atoms with Crippen molar-refractivity contribution in [2.24, 2.45) is 11.8 Å². The molecule has 5 nitrogen and oxygen atoms in total. The number of anilines is 1. The van der Waals surface area contributed by atoms with Crippen LogP contribution in [0.5, 0.6) is 5.75 Å². The summed E-state index contributed by atoms with van der Waals surface area (Å²) in [5.74, 6) is -0.858. The highest BCUT2D eigenvalue weighted by molar-refractivity contribution is 9.10. The standard InChI is InChI=1S/C22H19BrClNO4/c23-14-7-5-13(6-8-14)19(26)12-29-20-10-9-15(24)11-18(20)25-21(27)16-3-1-2-4-17(16)22(25)28/h5-11,16-17H,1-4,12H2/t16-,17-/m1/s1. The molecule has 2 atom stereocenters. The SMILES string of the molecule is O=C(COc1ccc(Cl)cc1N1C(=O)[C@@H]2CCCC[C@H]2C1=O)c1ccc(Br)cc1. The maximum Gasteiger partial charge on any atom is 0.237 e. The number of benzene rings is 2. The zero-order valence-electron chi connectivity index (χ0n) is 15.6. The number of imide groups is 1. The van der Waals surface area contributed by atoms with Crippen molar-refractivity contribution in [1.29, 1.82) is 0 Å². The van der Waals surface area contributed by atoms with Crippen molar-refractivity contribution >= 4 is 50.8 Å². The number of carbonyl (C=O) groups is 3. The first kappa shape index (κ1) is 20.1. The van der Waals surface area contributed by atoms with E-state index in [1.165, 1.54) is 4.90 Å². The van der Waals surface area contributed by atoms with Gasteiger partial charge in [0.05, 0.1) is 17.5 Å². The van der Waals surface area contributed by atoms with Crippen molar-refractivity contribution < 1.29 is 19.1 Å². The minimum Gasteiger partial charge on any atom is -0.483 e. The van der Waals surface area contributed by atoms with Crippen LogP contribution >= 0.6 is 27.5 Å². The van der Waals surface area contributed by atoms with Gasteiger partial charge in [-0.3, -0.25) is 14.4 Å².